The number of benzene rings is 2. The van der Waals surface area contributed by atoms with E-state index in [-0.39, 0.29) is 36.9 Å². The molecular weight excluding hydrogens is 459 g/mol. The van der Waals surface area contributed by atoms with Crippen LogP contribution in [0.4, 0.5) is 0 Å². The molecule has 0 aliphatic heterocycles. The predicted octanol–water partition coefficient (Wildman–Crippen LogP) is 5.97. The summed E-state index contributed by atoms with van der Waals surface area (Å²) in [6.45, 7) is 5.81. The van der Waals surface area contributed by atoms with Crippen molar-refractivity contribution in [3.05, 3.63) is 63.6 Å². The highest BCUT2D eigenvalue weighted by Crippen LogP contribution is 2.28. The van der Waals surface area contributed by atoms with Crippen LogP contribution in [0.25, 0.3) is 0 Å². The van der Waals surface area contributed by atoms with Crippen LogP contribution in [0.5, 0.6) is 5.75 Å². The summed E-state index contributed by atoms with van der Waals surface area (Å²) in [5.41, 5.74) is 1.63. The van der Waals surface area contributed by atoms with Crippen molar-refractivity contribution in [2.24, 2.45) is 0 Å². The summed E-state index contributed by atoms with van der Waals surface area (Å²) in [6.07, 6.45) is 4.16. The maximum atomic E-state index is 13.3. The van der Waals surface area contributed by atoms with Crippen molar-refractivity contribution in [3.8, 4) is 5.75 Å². The molecule has 1 N–H and O–H groups in total. The van der Waals surface area contributed by atoms with Gasteiger partial charge in [-0.05, 0) is 49.4 Å². The Bertz CT molecular complexity index is 954. The van der Waals surface area contributed by atoms with Crippen LogP contribution in [0.15, 0.2) is 42.5 Å². The van der Waals surface area contributed by atoms with Gasteiger partial charge in [-0.2, -0.15) is 0 Å². The quantitative estimate of drug-likeness (QED) is 0.470. The fourth-order valence-electron chi connectivity index (χ4n) is 4.14. The van der Waals surface area contributed by atoms with E-state index in [4.69, 9.17) is 27.9 Å². The van der Waals surface area contributed by atoms with Crippen LogP contribution in [0.1, 0.15) is 63.5 Å². The Kier molecular flexibility index (Phi) is 9.04. The molecule has 1 aliphatic carbocycles. The predicted molar refractivity (Wildman–Crippen MR) is 133 cm³/mol. The van der Waals surface area contributed by atoms with Crippen LogP contribution in [0.3, 0.4) is 0 Å². The van der Waals surface area contributed by atoms with Crippen molar-refractivity contribution in [1.29, 1.82) is 0 Å². The van der Waals surface area contributed by atoms with E-state index in [1.165, 1.54) is 4.90 Å². The largest absolute Gasteiger partial charge is 0.483 e. The van der Waals surface area contributed by atoms with E-state index in [1.54, 1.807) is 25.1 Å². The van der Waals surface area contributed by atoms with E-state index in [0.717, 1.165) is 31.2 Å². The lowest BCUT2D eigenvalue weighted by Gasteiger charge is -2.30. The summed E-state index contributed by atoms with van der Waals surface area (Å²) in [5.74, 6) is 0.435. The first-order valence-electron chi connectivity index (χ1n) is 11.5. The van der Waals surface area contributed by atoms with Gasteiger partial charge in [0.05, 0.1) is 0 Å². The number of nitrogens with zero attached hydrogens (tertiary/aromatic N) is 1. The molecule has 1 atom stereocenters. The van der Waals surface area contributed by atoms with Crippen LogP contribution in [-0.4, -0.2) is 35.4 Å². The third kappa shape index (κ3) is 6.64. The van der Waals surface area contributed by atoms with E-state index in [0.29, 0.717) is 21.4 Å². The van der Waals surface area contributed by atoms with Crippen LogP contribution in [0.2, 0.25) is 10.0 Å². The van der Waals surface area contributed by atoms with Gasteiger partial charge in [0.1, 0.15) is 11.8 Å². The van der Waals surface area contributed by atoms with Crippen molar-refractivity contribution >= 4 is 35.0 Å². The number of amides is 2. The lowest BCUT2D eigenvalue weighted by Crippen LogP contribution is -2.50. The molecule has 1 saturated carbocycles. The van der Waals surface area contributed by atoms with Crippen LogP contribution >= 0.6 is 23.2 Å². The first-order valence-corrected chi connectivity index (χ1v) is 12.3. The van der Waals surface area contributed by atoms with Crippen LogP contribution in [0, 0.1) is 0 Å². The Hall–Kier alpha value is -2.24. The SMILES string of the molecule is CC(C)c1ccccc1OCC(=O)N(Cc1c(Cl)cccc1Cl)C(C)C(=O)NC1CCCC1. The van der Waals surface area contributed by atoms with Crippen molar-refractivity contribution < 1.29 is 14.3 Å². The van der Waals surface area contributed by atoms with Gasteiger partial charge in [0.2, 0.25) is 5.91 Å². The second-order valence-electron chi connectivity index (χ2n) is 8.87. The van der Waals surface area contributed by atoms with E-state index in [9.17, 15) is 9.59 Å². The van der Waals surface area contributed by atoms with E-state index >= 15 is 0 Å². The van der Waals surface area contributed by atoms with Crippen molar-refractivity contribution in [2.45, 2.75) is 71.0 Å². The minimum absolute atomic E-state index is 0.117. The number of hydrogen-bond donors (Lipinski definition) is 1. The standard InChI is InChI=1S/C26H32Cl2N2O3/c1-17(2)20-11-6-7-14-24(20)33-16-25(31)30(15-21-22(27)12-8-13-23(21)28)18(3)26(32)29-19-9-4-5-10-19/h6-8,11-14,17-19H,4-5,9-10,15-16H2,1-3H3,(H,29,32). The zero-order chi connectivity index (χ0) is 24.0. The molecule has 0 bridgehead atoms. The van der Waals surface area contributed by atoms with E-state index in [2.05, 4.69) is 19.2 Å². The lowest BCUT2D eigenvalue weighted by atomic mass is 10.0. The average molecular weight is 491 g/mol. The number of para-hydroxylation sites is 1. The van der Waals surface area contributed by atoms with Crippen molar-refractivity contribution in [2.75, 3.05) is 6.61 Å². The second kappa shape index (κ2) is 11.8. The Morgan fingerprint density at radius 1 is 1.03 bits per heavy atom. The molecule has 178 valence electrons. The normalized spacial score (nSPS) is 14.8. The molecule has 2 amide bonds. The number of ether oxygens (including phenoxy) is 1. The van der Waals surface area contributed by atoms with E-state index < -0.39 is 6.04 Å². The van der Waals surface area contributed by atoms with Gasteiger partial charge in [-0.15, -0.1) is 0 Å². The highest BCUT2D eigenvalue weighted by molar-refractivity contribution is 6.36. The lowest BCUT2D eigenvalue weighted by molar-refractivity contribution is -0.142. The molecule has 0 aromatic heterocycles. The van der Waals surface area contributed by atoms with Gasteiger partial charge in [0.15, 0.2) is 6.61 Å². The number of carbonyl (C=O) groups is 2. The van der Waals surface area contributed by atoms with Crippen molar-refractivity contribution in [3.63, 3.8) is 0 Å². The van der Waals surface area contributed by atoms with Gasteiger partial charge in [0.25, 0.3) is 5.91 Å². The second-order valence-corrected chi connectivity index (χ2v) is 9.68. The zero-order valence-electron chi connectivity index (χ0n) is 19.4. The van der Waals surface area contributed by atoms with Gasteiger partial charge in [-0.3, -0.25) is 9.59 Å². The van der Waals surface area contributed by atoms with Gasteiger partial charge in [-0.25, -0.2) is 0 Å². The third-order valence-corrected chi connectivity index (χ3v) is 6.86. The number of halogens is 2. The molecule has 7 heteroatoms. The van der Waals surface area contributed by atoms with Gasteiger partial charge in [0, 0.05) is 28.2 Å². The molecule has 5 nitrogen and oxygen atoms in total. The molecule has 0 heterocycles. The number of rotatable bonds is 9. The molecule has 0 spiro atoms. The molecule has 0 saturated heterocycles. The summed E-state index contributed by atoms with van der Waals surface area (Å²) in [4.78, 5) is 27.8. The number of hydrogen-bond acceptors (Lipinski definition) is 3. The smallest absolute Gasteiger partial charge is 0.261 e. The summed E-state index contributed by atoms with van der Waals surface area (Å²) in [6, 6.07) is 12.3. The fraction of sp³-hybridized carbons (Fsp3) is 0.462. The molecule has 2 aromatic carbocycles. The van der Waals surface area contributed by atoms with E-state index in [1.807, 2.05) is 24.3 Å². The topological polar surface area (TPSA) is 58.6 Å². The summed E-state index contributed by atoms with van der Waals surface area (Å²) < 4.78 is 5.91. The Balaban J connectivity index is 1.79. The first kappa shape index (κ1) is 25.4. The fourth-order valence-corrected chi connectivity index (χ4v) is 4.66. The summed E-state index contributed by atoms with van der Waals surface area (Å²) >= 11 is 12.7. The van der Waals surface area contributed by atoms with Crippen molar-refractivity contribution in [1.82, 2.24) is 10.2 Å². The molecule has 3 rings (SSSR count). The highest BCUT2D eigenvalue weighted by atomic mass is 35.5. The molecule has 1 fully saturated rings. The Labute approximate surface area is 206 Å². The van der Waals surface area contributed by atoms with Gasteiger partial charge < -0.3 is 15.0 Å². The number of nitrogens with one attached hydrogen (secondary N) is 1. The minimum atomic E-state index is -0.700. The van der Waals surface area contributed by atoms with Gasteiger partial charge >= 0.3 is 0 Å². The zero-order valence-corrected chi connectivity index (χ0v) is 21.0. The molecule has 0 radical (unpaired) electrons. The third-order valence-electron chi connectivity index (χ3n) is 6.15. The average Bonchev–Trinajstić information content (AvgIpc) is 3.30. The Morgan fingerprint density at radius 3 is 2.30 bits per heavy atom. The summed E-state index contributed by atoms with van der Waals surface area (Å²) in [7, 11) is 0. The maximum absolute atomic E-state index is 13.3. The molecule has 1 unspecified atom stereocenters. The molecule has 33 heavy (non-hydrogen) atoms. The maximum Gasteiger partial charge on any atom is 0.261 e. The minimum Gasteiger partial charge on any atom is -0.483 e. The highest BCUT2D eigenvalue weighted by Gasteiger charge is 2.30. The summed E-state index contributed by atoms with van der Waals surface area (Å²) in [5, 5.41) is 3.99. The molecule has 1 aliphatic rings. The Morgan fingerprint density at radius 2 is 1.67 bits per heavy atom. The first-order chi connectivity index (χ1) is 15.8. The molecular formula is C26H32Cl2N2O3. The van der Waals surface area contributed by atoms with Crippen LogP contribution in [-0.2, 0) is 16.1 Å². The molecule has 2 aromatic rings. The number of carbonyl (C=O) groups excluding carboxylic acids is 2. The van der Waals surface area contributed by atoms with Crippen LogP contribution < -0.4 is 10.1 Å². The monoisotopic (exact) mass is 490 g/mol. The van der Waals surface area contributed by atoms with Gasteiger partial charge in [-0.1, -0.05) is 74.2 Å².